The van der Waals surface area contributed by atoms with Gasteiger partial charge in [-0.25, -0.2) is 4.98 Å². The van der Waals surface area contributed by atoms with Crippen LogP contribution in [0.5, 0.6) is 0 Å². The number of hydrogen-bond acceptors (Lipinski definition) is 5. The van der Waals surface area contributed by atoms with E-state index in [-0.39, 0.29) is 5.54 Å². The maximum atomic E-state index is 6.58. The highest BCUT2D eigenvalue weighted by molar-refractivity contribution is 5.92. The fourth-order valence-corrected chi connectivity index (χ4v) is 5.18. The average molecular weight is 472 g/mol. The Hall–Kier alpha value is -4.36. The Morgan fingerprint density at radius 2 is 1.69 bits per heavy atom. The largest absolute Gasteiger partial charge is 0.321 e. The van der Waals surface area contributed by atoms with Crippen molar-refractivity contribution in [2.45, 2.75) is 31.7 Å². The van der Waals surface area contributed by atoms with Gasteiger partial charge in [0, 0.05) is 22.4 Å². The molecule has 0 amide bonds. The van der Waals surface area contributed by atoms with Crippen LogP contribution in [-0.4, -0.2) is 29.8 Å². The molecule has 0 bridgehead atoms. The summed E-state index contributed by atoms with van der Waals surface area (Å²) in [6, 6.07) is 27.1. The first-order valence-electron chi connectivity index (χ1n) is 12.3. The lowest BCUT2D eigenvalue weighted by Crippen LogP contribution is -2.43. The molecule has 7 rings (SSSR count). The van der Waals surface area contributed by atoms with E-state index in [9.17, 15) is 0 Å². The van der Waals surface area contributed by atoms with E-state index in [1.165, 1.54) is 12.0 Å². The van der Waals surface area contributed by atoms with Crippen molar-refractivity contribution in [3.05, 3.63) is 90.1 Å². The molecule has 4 aromatic heterocycles. The molecule has 4 heterocycles. The van der Waals surface area contributed by atoms with Gasteiger partial charge >= 0.3 is 0 Å². The quantitative estimate of drug-likeness (QED) is 0.346. The molecule has 0 radical (unpaired) electrons. The molecular formula is C29H25N7. The zero-order chi connectivity index (χ0) is 24.3. The van der Waals surface area contributed by atoms with Crippen molar-refractivity contribution in [3.63, 3.8) is 0 Å². The lowest BCUT2D eigenvalue weighted by molar-refractivity contribution is 0.253. The number of pyridine rings is 2. The summed E-state index contributed by atoms with van der Waals surface area (Å²) in [6.45, 7) is 1.97. The summed E-state index contributed by atoms with van der Waals surface area (Å²) in [5, 5.41) is 16.3. The number of benzene rings is 2. The first-order valence-corrected chi connectivity index (χ1v) is 12.3. The molecule has 1 saturated carbocycles. The predicted octanol–water partition coefficient (Wildman–Crippen LogP) is 5.65. The SMILES string of the molecule is Cc1cc(-c2nnc3ccc4nc(-c5ccc(C6(N)CCC6)cc5)c(-c5ccccc5)cc4n23)n[nH]1. The molecule has 2 aromatic carbocycles. The van der Waals surface area contributed by atoms with Gasteiger partial charge in [0.1, 0.15) is 5.69 Å². The van der Waals surface area contributed by atoms with Gasteiger partial charge in [0.05, 0.1) is 16.7 Å². The highest BCUT2D eigenvalue weighted by Gasteiger charge is 2.34. The minimum absolute atomic E-state index is 0.182. The molecule has 176 valence electrons. The summed E-state index contributed by atoms with van der Waals surface area (Å²) in [5.74, 6) is 0.687. The summed E-state index contributed by atoms with van der Waals surface area (Å²) < 4.78 is 2.03. The van der Waals surface area contributed by atoms with E-state index in [1.807, 2.05) is 35.6 Å². The van der Waals surface area contributed by atoms with E-state index in [0.29, 0.717) is 5.82 Å². The van der Waals surface area contributed by atoms with Crippen LogP contribution in [0.4, 0.5) is 0 Å². The number of nitrogens with zero attached hydrogens (tertiary/aromatic N) is 5. The van der Waals surface area contributed by atoms with Gasteiger partial charge in [-0.15, -0.1) is 10.2 Å². The van der Waals surface area contributed by atoms with Crippen LogP contribution in [0.15, 0.2) is 78.9 Å². The zero-order valence-corrected chi connectivity index (χ0v) is 19.9. The Kier molecular flexibility index (Phi) is 4.56. The van der Waals surface area contributed by atoms with E-state index < -0.39 is 0 Å². The number of nitrogens with two attached hydrogens (primary N) is 1. The molecule has 0 aliphatic heterocycles. The van der Waals surface area contributed by atoms with Gasteiger partial charge in [0.15, 0.2) is 11.5 Å². The Bertz CT molecular complexity index is 1730. The third kappa shape index (κ3) is 3.24. The molecule has 0 saturated heterocycles. The normalized spacial score (nSPS) is 14.8. The number of aromatic amines is 1. The summed E-state index contributed by atoms with van der Waals surface area (Å²) in [7, 11) is 0. The minimum atomic E-state index is -0.182. The van der Waals surface area contributed by atoms with E-state index in [0.717, 1.165) is 63.3 Å². The second-order valence-corrected chi connectivity index (χ2v) is 9.73. The molecule has 1 aliphatic rings. The first kappa shape index (κ1) is 21.0. The fourth-order valence-electron chi connectivity index (χ4n) is 5.18. The number of H-pyrrole nitrogens is 1. The van der Waals surface area contributed by atoms with E-state index in [4.69, 9.17) is 10.7 Å². The van der Waals surface area contributed by atoms with Crippen LogP contribution in [0.2, 0.25) is 0 Å². The highest BCUT2D eigenvalue weighted by atomic mass is 15.3. The lowest BCUT2D eigenvalue weighted by atomic mass is 9.72. The monoisotopic (exact) mass is 471 g/mol. The standard InChI is InChI=1S/C29H25N7/c1-18-16-24(33-32-18)28-35-34-26-13-12-23-25(36(26)28)17-22(19-6-3-2-4-7-19)27(31-23)20-8-10-21(11-9-20)29(30)14-5-15-29/h2-4,6-13,16-17H,5,14-15,30H2,1H3,(H,32,33). The van der Waals surface area contributed by atoms with Crippen LogP contribution in [0, 0.1) is 6.92 Å². The first-order chi connectivity index (χ1) is 17.6. The number of hydrogen-bond donors (Lipinski definition) is 2. The lowest BCUT2D eigenvalue weighted by Gasteiger charge is -2.38. The molecule has 0 unspecified atom stereocenters. The number of rotatable bonds is 4. The van der Waals surface area contributed by atoms with Crippen molar-refractivity contribution in [1.82, 2.24) is 29.8 Å². The minimum Gasteiger partial charge on any atom is -0.321 e. The van der Waals surface area contributed by atoms with Crippen molar-refractivity contribution in [2.75, 3.05) is 0 Å². The Balaban J connectivity index is 1.46. The second kappa shape index (κ2) is 7.83. The number of fused-ring (bicyclic) bond motifs is 3. The molecule has 36 heavy (non-hydrogen) atoms. The number of aromatic nitrogens is 6. The zero-order valence-electron chi connectivity index (χ0n) is 19.9. The third-order valence-electron chi connectivity index (χ3n) is 7.35. The van der Waals surface area contributed by atoms with Gasteiger partial charge < -0.3 is 5.73 Å². The van der Waals surface area contributed by atoms with Crippen molar-refractivity contribution in [1.29, 1.82) is 0 Å². The Morgan fingerprint density at radius 1 is 0.889 bits per heavy atom. The molecular weight excluding hydrogens is 446 g/mol. The van der Waals surface area contributed by atoms with Gasteiger partial charge in [-0.1, -0.05) is 54.6 Å². The van der Waals surface area contributed by atoms with Crippen LogP contribution in [0.3, 0.4) is 0 Å². The van der Waals surface area contributed by atoms with Gasteiger partial charge in [-0.2, -0.15) is 5.10 Å². The Labute approximate surface area is 208 Å². The number of aryl methyl sites for hydroxylation is 1. The van der Waals surface area contributed by atoms with Gasteiger partial charge in [-0.3, -0.25) is 9.50 Å². The average Bonchev–Trinajstić information content (AvgIpc) is 3.53. The van der Waals surface area contributed by atoms with E-state index >= 15 is 0 Å². The van der Waals surface area contributed by atoms with Crippen molar-refractivity contribution >= 4 is 16.7 Å². The molecule has 0 atom stereocenters. The number of nitrogens with one attached hydrogen (secondary N) is 1. The van der Waals surface area contributed by atoms with Crippen LogP contribution in [0.25, 0.3) is 50.6 Å². The smallest absolute Gasteiger partial charge is 0.189 e. The van der Waals surface area contributed by atoms with Crippen LogP contribution in [-0.2, 0) is 5.54 Å². The second-order valence-electron chi connectivity index (χ2n) is 9.73. The fraction of sp³-hybridized carbons (Fsp3) is 0.172. The third-order valence-corrected chi connectivity index (χ3v) is 7.35. The molecule has 3 N–H and O–H groups in total. The molecule has 7 heteroatoms. The summed E-state index contributed by atoms with van der Waals surface area (Å²) in [4.78, 5) is 5.18. The molecule has 7 nitrogen and oxygen atoms in total. The molecule has 1 aliphatic carbocycles. The van der Waals surface area contributed by atoms with Crippen molar-refractivity contribution < 1.29 is 0 Å². The van der Waals surface area contributed by atoms with Crippen molar-refractivity contribution in [2.24, 2.45) is 5.73 Å². The summed E-state index contributed by atoms with van der Waals surface area (Å²) >= 11 is 0. The highest BCUT2D eigenvalue weighted by Crippen LogP contribution is 2.40. The molecule has 6 aromatic rings. The van der Waals surface area contributed by atoms with Crippen molar-refractivity contribution in [3.8, 4) is 33.9 Å². The van der Waals surface area contributed by atoms with Crippen LogP contribution in [0.1, 0.15) is 30.5 Å². The van der Waals surface area contributed by atoms with Gasteiger partial charge in [0.2, 0.25) is 0 Å². The Morgan fingerprint density at radius 3 is 2.39 bits per heavy atom. The maximum Gasteiger partial charge on any atom is 0.189 e. The summed E-state index contributed by atoms with van der Waals surface area (Å²) in [6.07, 6.45) is 3.28. The van der Waals surface area contributed by atoms with Gasteiger partial charge in [-0.05, 0) is 61.6 Å². The van der Waals surface area contributed by atoms with Gasteiger partial charge in [0.25, 0.3) is 0 Å². The predicted molar refractivity (Wildman–Crippen MR) is 141 cm³/mol. The topological polar surface area (TPSA) is 97.8 Å². The van der Waals surface area contributed by atoms with E-state index in [1.54, 1.807) is 0 Å². The van der Waals surface area contributed by atoms with E-state index in [2.05, 4.69) is 75.0 Å². The molecule has 0 spiro atoms. The maximum absolute atomic E-state index is 6.58. The summed E-state index contributed by atoms with van der Waals surface area (Å²) in [5.41, 5.74) is 16.0. The molecule has 1 fully saturated rings. The van der Waals surface area contributed by atoms with Crippen LogP contribution >= 0.6 is 0 Å². The van der Waals surface area contributed by atoms with Crippen LogP contribution < -0.4 is 5.73 Å².